The summed E-state index contributed by atoms with van der Waals surface area (Å²) in [5, 5.41) is 2.19. The van der Waals surface area contributed by atoms with Gasteiger partial charge in [-0.05, 0) is 18.2 Å². The summed E-state index contributed by atoms with van der Waals surface area (Å²) < 4.78 is 25.6. The second-order valence-electron chi connectivity index (χ2n) is 3.22. The number of carbonyl (C=O) groups is 1. The Kier molecular flexibility index (Phi) is 4.08. The van der Waals surface area contributed by atoms with E-state index in [0.29, 0.717) is 0 Å². The molecule has 6 nitrogen and oxygen atoms in total. The van der Waals surface area contributed by atoms with Gasteiger partial charge in [0, 0.05) is 23.6 Å². The molecule has 1 rings (SSSR count). The lowest BCUT2D eigenvalue weighted by molar-refractivity contribution is 0.0976. The van der Waals surface area contributed by atoms with Gasteiger partial charge in [0.25, 0.3) is 5.91 Å². The van der Waals surface area contributed by atoms with Crippen LogP contribution in [0.15, 0.2) is 33.7 Å². The first-order valence-corrected chi connectivity index (χ1v) is 6.63. The molecule has 0 aliphatic rings. The predicted octanol–water partition coefficient (Wildman–Crippen LogP) is 0.288. The number of hydrogen-bond donors (Lipinski definition) is 2. The molecule has 0 heterocycles. The Hall–Kier alpha value is -1.60. The van der Waals surface area contributed by atoms with Crippen molar-refractivity contribution in [3.8, 4) is 0 Å². The molecular weight excluding hydrogens is 266 g/mol. The Labute approximate surface area is 104 Å². The fourth-order valence-electron chi connectivity index (χ4n) is 1.08. The highest BCUT2D eigenvalue weighted by Crippen LogP contribution is 2.11. The van der Waals surface area contributed by atoms with E-state index in [9.17, 15) is 13.2 Å². The molecule has 3 N–H and O–H groups in total. The topological polar surface area (TPSA) is 102 Å². The van der Waals surface area contributed by atoms with Gasteiger partial charge < -0.3 is 5.73 Å². The Bertz CT molecular complexity index is 569. The van der Waals surface area contributed by atoms with Gasteiger partial charge in [-0.2, -0.15) is 0 Å². The van der Waals surface area contributed by atoms with E-state index in [2.05, 4.69) is 9.83 Å². The van der Waals surface area contributed by atoms with Crippen LogP contribution >= 0.6 is 11.8 Å². The molecule has 0 spiro atoms. The molecule has 0 bridgehead atoms. The third-order valence-corrected chi connectivity index (χ3v) is 3.15. The van der Waals surface area contributed by atoms with Crippen LogP contribution in [-0.4, -0.2) is 26.5 Å². The molecule has 0 saturated carbocycles. The third kappa shape index (κ3) is 3.72. The maximum absolute atomic E-state index is 11.6. The van der Waals surface area contributed by atoms with Gasteiger partial charge in [0.2, 0.25) is 5.96 Å². The van der Waals surface area contributed by atoms with E-state index in [-0.39, 0.29) is 16.4 Å². The van der Waals surface area contributed by atoms with E-state index in [1.807, 2.05) is 0 Å². The summed E-state index contributed by atoms with van der Waals surface area (Å²) in [5.74, 6) is -0.848. The van der Waals surface area contributed by atoms with Gasteiger partial charge in [0.15, 0.2) is 9.84 Å². The van der Waals surface area contributed by atoms with E-state index >= 15 is 0 Å². The Morgan fingerprint density at radius 1 is 1.47 bits per heavy atom. The summed E-state index contributed by atoms with van der Waals surface area (Å²) in [6.45, 7) is 0. The molecule has 0 aliphatic heterocycles. The van der Waals surface area contributed by atoms with E-state index in [1.165, 1.54) is 24.3 Å². The molecule has 0 fully saturated rings. The number of nitrogens with zero attached hydrogens (tertiary/aromatic N) is 1. The van der Waals surface area contributed by atoms with Gasteiger partial charge in [-0.15, -0.1) is 4.51 Å². The summed E-state index contributed by atoms with van der Waals surface area (Å²) >= 11 is 5.04. The van der Waals surface area contributed by atoms with E-state index in [1.54, 1.807) is 0 Å². The molecule has 92 valence electrons. The maximum atomic E-state index is 11.6. The van der Waals surface area contributed by atoms with Crippen LogP contribution in [0, 0.1) is 0 Å². The number of sulfone groups is 1. The minimum atomic E-state index is -3.36. The van der Waals surface area contributed by atoms with Gasteiger partial charge in [0.05, 0.1) is 4.90 Å². The number of guanidine groups is 1. The van der Waals surface area contributed by atoms with E-state index < -0.39 is 15.7 Å². The lowest BCUT2D eigenvalue weighted by Gasteiger charge is -2.04. The van der Waals surface area contributed by atoms with Gasteiger partial charge in [-0.1, -0.05) is 6.07 Å². The second-order valence-corrected chi connectivity index (χ2v) is 5.41. The average molecular weight is 276 g/mol. The number of nitrogens with one attached hydrogen (secondary N) is 1. The lowest BCUT2D eigenvalue weighted by Crippen LogP contribution is -2.36. The van der Waals surface area contributed by atoms with Crippen LogP contribution in [-0.2, 0) is 9.84 Å². The van der Waals surface area contributed by atoms with Crippen LogP contribution in [0.4, 0.5) is 0 Å². The molecule has 1 amide bonds. The molecular formula is C9H10ClN3O3S. The SMILES string of the molecule is CS(=O)(=O)c1cccc(C(=O)NC(N)=NCl)c1. The van der Waals surface area contributed by atoms with Crippen LogP contribution < -0.4 is 11.1 Å². The van der Waals surface area contributed by atoms with Crippen LogP contribution in [0.5, 0.6) is 0 Å². The summed E-state index contributed by atoms with van der Waals surface area (Å²) in [6.07, 6.45) is 1.05. The number of benzene rings is 1. The molecule has 1 aromatic rings. The highest BCUT2D eigenvalue weighted by Gasteiger charge is 2.12. The second kappa shape index (κ2) is 5.15. The van der Waals surface area contributed by atoms with Crippen molar-refractivity contribution in [2.24, 2.45) is 10.2 Å². The van der Waals surface area contributed by atoms with E-state index in [0.717, 1.165) is 6.26 Å². The normalized spacial score (nSPS) is 12.2. The summed E-state index contributed by atoms with van der Waals surface area (Å²) in [7, 11) is -3.36. The highest BCUT2D eigenvalue weighted by atomic mass is 35.5. The van der Waals surface area contributed by atoms with Crippen LogP contribution in [0.3, 0.4) is 0 Å². The van der Waals surface area contributed by atoms with Crippen molar-refractivity contribution in [3.05, 3.63) is 29.8 Å². The molecule has 0 radical (unpaired) electrons. The Morgan fingerprint density at radius 3 is 2.65 bits per heavy atom. The molecule has 0 saturated heterocycles. The van der Waals surface area contributed by atoms with Crippen LogP contribution in [0.25, 0.3) is 0 Å². The van der Waals surface area contributed by atoms with Crippen LogP contribution in [0.2, 0.25) is 0 Å². The van der Waals surface area contributed by atoms with Crippen molar-refractivity contribution < 1.29 is 13.2 Å². The zero-order chi connectivity index (χ0) is 13.1. The van der Waals surface area contributed by atoms with Gasteiger partial charge >= 0.3 is 0 Å². The number of halogens is 1. The number of amides is 1. The van der Waals surface area contributed by atoms with Gasteiger partial charge in [0.1, 0.15) is 0 Å². The molecule has 0 aromatic heterocycles. The molecule has 0 aliphatic carbocycles. The zero-order valence-electron chi connectivity index (χ0n) is 8.84. The molecule has 1 aromatic carbocycles. The van der Waals surface area contributed by atoms with Crippen molar-refractivity contribution in [2.75, 3.05) is 6.26 Å². The van der Waals surface area contributed by atoms with Gasteiger partial charge in [-0.25, -0.2) is 8.42 Å². The summed E-state index contributed by atoms with van der Waals surface area (Å²) in [6, 6.07) is 5.54. The monoisotopic (exact) mass is 275 g/mol. The Balaban J connectivity index is 3.05. The number of nitrogens with two attached hydrogens (primary N) is 1. The van der Waals surface area contributed by atoms with Crippen molar-refractivity contribution in [2.45, 2.75) is 4.90 Å². The lowest BCUT2D eigenvalue weighted by atomic mass is 10.2. The highest BCUT2D eigenvalue weighted by molar-refractivity contribution is 7.90. The fraction of sp³-hybridized carbons (Fsp3) is 0.111. The summed E-state index contributed by atoms with van der Waals surface area (Å²) in [5.41, 5.74) is 5.35. The van der Waals surface area contributed by atoms with Crippen molar-refractivity contribution in [3.63, 3.8) is 0 Å². The Morgan fingerprint density at radius 2 is 2.12 bits per heavy atom. The largest absolute Gasteiger partial charge is 0.369 e. The molecule has 0 atom stereocenters. The minimum Gasteiger partial charge on any atom is -0.369 e. The smallest absolute Gasteiger partial charge is 0.258 e. The standard InChI is InChI=1S/C9H10ClN3O3S/c1-17(15,16)7-4-2-3-6(5-7)8(14)12-9(11)13-10/h2-5H,1H3,(H3,11,12,13,14). The fourth-order valence-corrected chi connectivity index (χ4v) is 1.79. The number of carbonyl (C=O) groups excluding carboxylic acids is 1. The first kappa shape index (κ1) is 13.5. The molecule has 8 heteroatoms. The quantitative estimate of drug-likeness (QED) is 0.598. The number of rotatable bonds is 2. The minimum absolute atomic E-state index is 0.0477. The van der Waals surface area contributed by atoms with Gasteiger partial charge in [-0.3, -0.25) is 10.1 Å². The molecule has 17 heavy (non-hydrogen) atoms. The average Bonchev–Trinajstić information content (AvgIpc) is 2.28. The summed E-state index contributed by atoms with van der Waals surface area (Å²) in [4.78, 5) is 11.6. The van der Waals surface area contributed by atoms with Crippen LogP contribution in [0.1, 0.15) is 10.4 Å². The van der Waals surface area contributed by atoms with Crippen molar-refractivity contribution in [1.29, 1.82) is 0 Å². The number of hydrogen-bond acceptors (Lipinski definition) is 4. The maximum Gasteiger partial charge on any atom is 0.258 e. The predicted molar refractivity (Wildman–Crippen MR) is 64.5 cm³/mol. The first-order chi connectivity index (χ1) is 7.84. The van der Waals surface area contributed by atoms with E-state index in [4.69, 9.17) is 17.5 Å². The molecule has 0 unspecified atom stereocenters. The van der Waals surface area contributed by atoms with Crippen molar-refractivity contribution >= 4 is 33.5 Å². The first-order valence-electron chi connectivity index (χ1n) is 4.40. The zero-order valence-corrected chi connectivity index (χ0v) is 10.4. The third-order valence-electron chi connectivity index (χ3n) is 1.86. The van der Waals surface area contributed by atoms with Crippen molar-refractivity contribution in [1.82, 2.24) is 5.32 Å².